The molecular weight excluding hydrogens is 228 g/mol. The van der Waals surface area contributed by atoms with Crippen molar-refractivity contribution in [3.8, 4) is 0 Å². The first-order valence-electron chi connectivity index (χ1n) is 6.88. The maximum atomic E-state index is 11.6. The summed E-state index contributed by atoms with van der Waals surface area (Å²) in [6.45, 7) is 14.8. The number of hydrogen-bond acceptors (Lipinski definition) is 3. The Bertz CT molecular complexity index is 247. The Morgan fingerprint density at radius 3 is 2.17 bits per heavy atom. The van der Waals surface area contributed by atoms with Gasteiger partial charge in [-0.05, 0) is 40.0 Å². The fraction of sp³-hybridized carbons (Fsp3) is 0.929. The van der Waals surface area contributed by atoms with Gasteiger partial charge in [-0.25, -0.2) is 4.79 Å². The molecule has 0 saturated heterocycles. The van der Waals surface area contributed by atoms with Gasteiger partial charge in [0.05, 0.1) is 0 Å². The molecule has 0 radical (unpaired) electrons. The van der Waals surface area contributed by atoms with Gasteiger partial charge in [-0.2, -0.15) is 0 Å². The zero-order valence-electron chi connectivity index (χ0n) is 13.0. The third-order valence-electron chi connectivity index (χ3n) is 2.78. The Morgan fingerprint density at radius 2 is 1.78 bits per heavy atom. The average Bonchev–Trinajstić information content (AvgIpc) is 2.20. The molecule has 0 aromatic heterocycles. The molecule has 4 nitrogen and oxygen atoms in total. The van der Waals surface area contributed by atoms with Gasteiger partial charge < -0.3 is 15.4 Å². The highest BCUT2D eigenvalue weighted by molar-refractivity contribution is 5.67. The zero-order chi connectivity index (χ0) is 14.3. The summed E-state index contributed by atoms with van der Waals surface area (Å²) in [7, 11) is 0. The standard InChI is InChI=1S/C14H30N2O2/c1-8-11(4)16-12(10(2)3)9-15-13(17)18-14(5,6)7/h10-12,16H,8-9H2,1-7H3,(H,15,17). The number of hydrogen-bond donors (Lipinski definition) is 2. The van der Waals surface area contributed by atoms with Crippen molar-refractivity contribution in [3.63, 3.8) is 0 Å². The predicted octanol–water partition coefficient (Wildman–Crippen LogP) is 2.92. The Balaban J connectivity index is 4.15. The van der Waals surface area contributed by atoms with Crippen LogP contribution in [0.3, 0.4) is 0 Å². The smallest absolute Gasteiger partial charge is 0.407 e. The minimum Gasteiger partial charge on any atom is -0.444 e. The molecule has 0 fully saturated rings. The van der Waals surface area contributed by atoms with Gasteiger partial charge in [-0.1, -0.05) is 20.8 Å². The lowest BCUT2D eigenvalue weighted by atomic mass is 10.0. The first kappa shape index (κ1) is 17.2. The van der Waals surface area contributed by atoms with Gasteiger partial charge in [0.15, 0.2) is 0 Å². The summed E-state index contributed by atoms with van der Waals surface area (Å²) in [5.41, 5.74) is -0.443. The fourth-order valence-electron chi connectivity index (χ4n) is 1.48. The van der Waals surface area contributed by atoms with Gasteiger partial charge in [0.1, 0.15) is 5.60 Å². The van der Waals surface area contributed by atoms with Crippen LogP contribution in [0.4, 0.5) is 4.79 Å². The van der Waals surface area contributed by atoms with Crippen LogP contribution in [0, 0.1) is 5.92 Å². The topological polar surface area (TPSA) is 50.4 Å². The molecule has 0 aromatic rings. The number of ether oxygens (including phenoxy) is 1. The second-order valence-electron chi connectivity index (χ2n) is 6.21. The summed E-state index contributed by atoms with van der Waals surface area (Å²) in [5.74, 6) is 0.467. The number of carbonyl (C=O) groups is 1. The van der Waals surface area contributed by atoms with Gasteiger partial charge in [-0.15, -0.1) is 0 Å². The van der Waals surface area contributed by atoms with Crippen molar-refractivity contribution in [2.45, 2.75) is 72.6 Å². The molecule has 0 aliphatic rings. The lowest BCUT2D eigenvalue weighted by Gasteiger charge is -2.27. The molecule has 2 N–H and O–H groups in total. The molecule has 0 saturated carbocycles. The minimum absolute atomic E-state index is 0.271. The maximum absolute atomic E-state index is 11.6. The van der Waals surface area contributed by atoms with Crippen LogP contribution in [0.15, 0.2) is 0 Å². The summed E-state index contributed by atoms with van der Waals surface area (Å²) < 4.78 is 5.22. The molecule has 0 bridgehead atoms. The molecule has 2 unspecified atom stereocenters. The third kappa shape index (κ3) is 8.34. The Kier molecular flexibility index (Phi) is 7.29. The Labute approximate surface area is 112 Å². The van der Waals surface area contributed by atoms with E-state index in [1.54, 1.807) is 0 Å². The monoisotopic (exact) mass is 258 g/mol. The highest BCUT2D eigenvalue weighted by atomic mass is 16.6. The van der Waals surface area contributed by atoms with Crippen LogP contribution in [0.2, 0.25) is 0 Å². The highest BCUT2D eigenvalue weighted by Gasteiger charge is 2.19. The molecule has 0 aromatic carbocycles. The minimum atomic E-state index is -0.443. The van der Waals surface area contributed by atoms with Crippen molar-refractivity contribution < 1.29 is 9.53 Å². The molecule has 0 spiro atoms. The second-order valence-corrected chi connectivity index (χ2v) is 6.21. The number of alkyl carbamates (subject to hydrolysis) is 1. The van der Waals surface area contributed by atoms with E-state index in [2.05, 4.69) is 38.3 Å². The van der Waals surface area contributed by atoms with Gasteiger partial charge in [0.2, 0.25) is 0 Å². The summed E-state index contributed by atoms with van der Waals surface area (Å²) in [4.78, 5) is 11.6. The first-order valence-corrected chi connectivity index (χ1v) is 6.88. The molecule has 0 rings (SSSR count). The maximum Gasteiger partial charge on any atom is 0.407 e. The van der Waals surface area contributed by atoms with Crippen LogP contribution in [0.25, 0.3) is 0 Å². The quantitative estimate of drug-likeness (QED) is 0.770. The van der Waals surface area contributed by atoms with E-state index in [4.69, 9.17) is 4.74 Å². The molecule has 0 heterocycles. The first-order chi connectivity index (χ1) is 8.15. The van der Waals surface area contributed by atoms with Crippen molar-refractivity contribution in [1.82, 2.24) is 10.6 Å². The van der Waals surface area contributed by atoms with Crippen LogP contribution < -0.4 is 10.6 Å². The number of carbonyl (C=O) groups excluding carboxylic acids is 1. The predicted molar refractivity (Wildman–Crippen MR) is 75.8 cm³/mol. The van der Waals surface area contributed by atoms with Crippen LogP contribution in [0.5, 0.6) is 0 Å². The number of amides is 1. The molecule has 108 valence electrons. The highest BCUT2D eigenvalue weighted by Crippen LogP contribution is 2.07. The molecule has 0 aliphatic heterocycles. The van der Waals surface area contributed by atoms with E-state index in [9.17, 15) is 4.79 Å². The Hall–Kier alpha value is -0.770. The van der Waals surface area contributed by atoms with Gasteiger partial charge in [-0.3, -0.25) is 0 Å². The van der Waals surface area contributed by atoms with Crippen LogP contribution in [-0.4, -0.2) is 30.3 Å². The van der Waals surface area contributed by atoms with Gasteiger partial charge in [0, 0.05) is 18.6 Å². The van der Waals surface area contributed by atoms with Crippen molar-refractivity contribution in [2.24, 2.45) is 5.92 Å². The van der Waals surface area contributed by atoms with Crippen LogP contribution >= 0.6 is 0 Å². The van der Waals surface area contributed by atoms with Crippen LogP contribution in [-0.2, 0) is 4.74 Å². The number of rotatable bonds is 6. The molecule has 18 heavy (non-hydrogen) atoms. The van der Waals surface area contributed by atoms with Crippen molar-refractivity contribution >= 4 is 6.09 Å². The molecule has 4 heteroatoms. The molecule has 2 atom stereocenters. The van der Waals surface area contributed by atoms with E-state index in [-0.39, 0.29) is 12.1 Å². The normalized spacial score (nSPS) is 15.3. The van der Waals surface area contributed by atoms with E-state index in [1.165, 1.54) is 0 Å². The lowest BCUT2D eigenvalue weighted by molar-refractivity contribution is 0.0518. The van der Waals surface area contributed by atoms with Crippen molar-refractivity contribution in [1.29, 1.82) is 0 Å². The summed E-state index contributed by atoms with van der Waals surface area (Å²) in [6.07, 6.45) is 0.731. The lowest BCUT2D eigenvalue weighted by Crippen LogP contribution is -2.48. The molecular formula is C14H30N2O2. The Morgan fingerprint density at radius 1 is 1.22 bits per heavy atom. The molecule has 0 aliphatic carbocycles. The zero-order valence-corrected chi connectivity index (χ0v) is 13.0. The largest absolute Gasteiger partial charge is 0.444 e. The van der Waals surface area contributed by atoms with E-state index < -0.39 is 5.60 Å². The summed E-state index contributed by atoms with van der Waals surface area (Å²) >= 11 is 0. The summed E-state index contributed by atoms with van der Waals surface area (Å²) in [5, 5.41) is 6.34. The fourth-order valence-corrected chi connectivity index (χ4v) is 1.48. The third-order valence-corrected chi connectivity index (χ3v) is 2.78. The van der Waals surface area contributed by atoms with Gasteiger partial charge in [0.25, 0.3) is 0 Å². The SMILES string of the molecule is CCC(C)NC(CNC(=O)OC(C)(C)C)C(C)C. The second kappa shape index (κ2) is 7.62. The number of nitrogens with one attached hydrogen (secondary N) is 2. The van der Waals surface area contributed by atoms with E-state index >= 15 is 0 Å². The molecule has 1 amide bonds. The van der Waals surface area contributed by atoms with E-state index in [0.717, 1.165) is 6.42 Å². The average molecular weight is 258 g/mol. The van der Waals surface area contributed by atoms with Crippen LogP contribution in [0.1, 0.15) is 54.9 Å². The van der Waals surface area contributed by atoms with Gasteiger partial charge >= 0.3 is 6.09 Å². The van der Waals surface area contributed by atoms with Crippen molar-refractivity contribution in [2.75, 3.05) is 6.54 Å². The van der Waals surface area contributed by atoms with E-state index in [1.807, 2.05) is 20.8 Å². The van der Waals surface area contributed by atoms with E-state index in [0.29, 0.717) is 18.5 Å². The summed E-state index contributed by atoms with van der Waals surface area (Å²) in [6, 6.07) is 0.727. The van der Waals surface area contributed by atoms with Crippen molar-refractivity contribution in [3.05, 3.63) is 0 Å².